The molecule has 1 atom stereocenters. The van der Waals surface area contributed by atoms with Gasteiger partial charge in [-0.15, -0.1) is 5.10 Å². The monoisotopic (exact) mass is 287 g/mol. The number of nitrogens with one attached hydrogen (secondary N) is 1. The number of aromatic nitrogens is 2. The first kappa shape index (κ1) is 13.7. The maximum atomic E-state index is 4.01. The van der Waals surface area contributed by atoms with Crippen LogP contribution in [0.1, 0.15) is 60.6 Å². The molecule has 3 rings (SSSR count). The molecule has 0 spiro atoms. The van der Waals surface area contributed by atoms with Crippen molar-refractivity contribution in [3.05, 3.63) is 46.5 Å². The van der Waals surface area contributed by atoms with E-state index in [-0.39, 0.29) is 6.04 Å². The minimum Gasteiger partial charge on any atom is -0.305 e. The minimum absolute atomic E-state index is 0.231. The third-order valence-electron chi connectivity index (χ3n) is 4.08. The maximum Gasteiger partial charge on any atom is 0.0703 e. The number of rotatable bonds is 6. The summed E-state index contributed by atoms with van der Waals surface area (Å²) in [6, 6.07) is 9.29. The van der Waals surface area contributed by atoms with Crippen molar-refractivity contribution >= 4 is 11.5 Å². The summed E-state index contributed by atoms with van der Waals surface area (Å²) in [5.74, 6) is 0.779. The second-order valence-corrected chi connectivity index (χ2v) is 6.32. The molecule has 1 aromatic heterocycles. The van der Waals surface area contributed by atoms with Crippen molar-refractivity contribution in [1.82, 2.24) is 14.9 Å². The van der Waals surface area contributed by atoms with E-state index in [1.54, 1.807) is 0 Å². The van der Waals surface area contributed by atoms with Gasteiger partial charge < -0.3 is 5.32 Å². The summed E-state index contributed by atoms with van der Waals surface area (Å²) in [5.41, 5.74) is 2.84. The van der Waals surface area contributed by atoms with Crippen LogP contribution < -0.4 is 5.32 Å². The van der Waals surface area contributed by atoms with Crippen LogP contribution in [0.3, 0.4) is 0 Å². The summed E-state index contributed by atoms with van der Waals surface area (Å²) in [7, 11) is 0. The predicted octanol–water partition coefficient (Wildman–Crippen LogP) is 3.89. The van der Waals surface area contributed by atoms with E-state index in [9.17, 15) is 0 Å². The van der Waals surface area contributed by atoms with Crippen LogP contribution in [0.2, 0.25) is 0 Å². The molecule has 1 fully saturated rings. The Balaban J connectivity index is 1.86. The van der Waals surface area contributed by atoms with Gasteiger partial charge in [-0.2, -0.15) is 0 Å². The fourth-order valence-electron chi connectivity index (χ4n) is 2.71. The summed E-state index contributed by atoms with van der Waals surface area (Å²) in [6.45, 7) is 3.20. The van der Waals surface area contributed by atoms with Crippen LogP contribution in [0.5, 0.6) is 0 Å². The molecule has 0 aliphatic heterocycles. The maximum absolute atomic E-state index is 4.01. The SMILES string of the molecule is CCCNC(c1cccc(C2CCC2)c1)c1cnns1. The first-order chi connectivity index (χ1) is 9.88. The summed E-state index contributed by atoms with van der Waals surface area (Å²) in [6.07, 6.45) is 7.08. The smallest absolute Gasteiger partial charge is 0.0703 e. The van der Waals surface area contributed by atoms with Crippen molar-refractivity contribution < 1.29 is 0 Å². The quantitative estimate of drug-likeness (QED) is 0.875. The minimum atomic E-state index is 0.231. The van der Waals surface area contributed by atoms with Crippen molar-refractivity contribution in [3.63, 3.8) is 0 Å². The molecule has 1 aliphatic carbocycles. The fourth-order valence-corrected chi connectivity index (χ4v) is 3.32. The molecule has 0 radical (unpaired) electrons. The predicted molar refractivity (Wildman–Crippen MR) is 83.1 cm³/mol. The molecule has 2 aromatic rings. The standard InChI is InChI=1S/C16H21N3S/c1-2-9-17-16(15-11-18-19-20-15)14-8-4-7-13(10-14)12-5-3-6-12/h4,7-8,10-12,16-17H,2-3,5-6,9H2,1H3. The van der Waals surface area contributed by atoms with Gasteiger partial charge in [-0.3, -0.25) is 0 Å². The summed E-state index contributed by atoms with van der Waals surface area (Å²) in [4.78, 5) is 1.20. The van der Waals surface area contributed by atoms with E-state index in [1.165, 1.54) is 46.8 Å². The molecular weight excluding hydrogens is 266 g/mol. The summed E-state index contributed by atoms with van der Waals surface area (Å²) in [5, 5.41) is 7.61. The van der Waals surface area contributed by atoms with Gasteiger partial charge in [0.15, 0.2) is 0 Å². The molecule has 0 amide bonds. The summed E-state index contributed by atoms with van der Waals surface area (Å²) < 4.78 is 4.01. The molecule has 3 nitrogen and oxygen atoms in total. The molecular formula is C16H21N3S. The Morgan fingerprint density at radius 2 is 2.30 bits per heavy atom. The highest BCUT2D eigenvalue weighted by Gasteiger charge is 2.21. The zero-order chi connectivity index (χ0) is 13.8. The van der Waals surface area contributed by atoms with Crippen LogP contribution in [-0.2, 0) is 0 Å². The van der Waals surface area contributed by atoms with Crippen LogP contribution in [-0.4, -0.2) is 16.1 Å². The first-order valence-electron chi connectivity index (χ1n) is 7.49. The van der Waals surface area contributed by atoms with Gasteiger partial charge in [-0.1, -0.05) is 42.1 Å². The largest absolute Gasteiger partial charge is 0.305 e. The average molecular weight is 287 g/mol. The van der Waals surface area contributed by atoms with E-state index in [0.29, 0.717) is 0 Å². The van der Waals surface area contributed by atoms with Crippen molar-refractivity contribution in [1.29, 1.82) is 0 Å². The van der Waals surface area contributed by atoms with Gasteiger partial charge in [0, 0.05) is 0 Å². The first-order valence-corrected chi connectivity index (χ1v) is 8.26. The zero-order valence-electron chi connectivity index (χ0n) is 11.9. The Kier molecular flexibility index (Phi) is 4.43. The third-order valence-corrected chi connectivity index (χ3v) is 4.81. The Morgan fingerprint density at radius 1 is 1.40 bits per heavy atom. The molecule has 1 N–H and O–H groups in total. The third kappa shape index (κ3) is 2.91. The Labute approximate surface area is 124 Å². The van der Waals surface area contributed by atoms with Gasteiger partial charge >= 0.3 is 0 Å². The molecule has 4 heteroatoms. The number of hydrogen-bond donors (Lipinski definition) is 1. The molecule has 1 unspecified atom stereocenters. The van der Waals surface area contributed by atoms with Gasteiger partial charge in [0.2, 0.25) is 0 Å². The zero-order valence-corrected chi connectivity index (χ0v) is 12.7. The lowest BCUT2D eigenvalue weighted by molar-refractivity contribution is 0.419. The highest BCUT2D eigenvalue weighted by Crippen LogP contribution is 2.37. The van der Waals surface area contributed by atoms with Crippen molar-refractivity contribution in [3.8, 4) is 0 Å². The highest BCUT2D eigenvalue weighted by atomic mass is 32.1. The van der Waals surface area contributed by atoms with E-state index in [2.05, 4.69) is 46.1 Å². The van der Waals surface area contributed by atoms with Crippen LogP contribution >= 0.6 is 11.5 Å². The van der Waals surface area contributed by atoms with E-state index >= 15 is 0 Å². The van der Waals surface area contributed by atoms with Crippen molar-refractivity contribution in [2.24, 2.45) is 0 Å². The molecule has 1 aliphatic rings. The Morgan fingerprint density at radius 3 is 2.95 bits per heavy atom. The van der Waals surface area contributed by atoms with Crippen LogP contribution in [0.15, 0.2) is 30.5 Å². The van der Waals surface area contributed by atoms with Crippen LogP contribution in [0.4, 0.5) is 0 Å². The van der Waals surface area contributed by atoms with Crippen molar-refractivity contribution in [2.45, 2.75) is 44.6 Å². The Hall–Kier alpha value is -1.26. The van der Waals surface area contributed by atoms with Gasteiger partial charge in [0.1, 0.15) is 0 Å². The van der Waals surface area contributed by atoms with Gasteiger partial charge in [0.05, 0.1) is 17.1 Å². The average Bonchev–Trinajstić information content (AvgIpc) is 2.92. The number of nitrogens with zero attached hydrogens (tertiary/aromatic N) is 2. The lowest BCUT2D eigenvalue weighted by atomic mass is 9.79. The van der Waals surface area contributed by atoms with E-state index in [0.717, 1.165) is 18.9 Å². The number of benzene rings is 1. The van der Waals surface area contributed by atoms with E-state index < -0.39 is 0 Å². The molecule has 20 heavy (non-hydrogen) atoms. The summed E-state index contributed by atoms with van der Waals surface area (Å²) >= 11 is 1.49. The molecule has 0 saturated heterocycles. The lowest BCUT2D eigenvalue weighted by Crippen LogP contribution is -2.22. The van der Waals surface area contributed by atoms with Crippen LogP contribution in [0, 0.1) is 0 Å². The molecule has 106 valence electrons. The van der Waals surface area contributed by atoms with Crippen LogP contribution in [0.25, 0.3) is 0 Å². The fraction of sp³-hybridized carbons (Fsp3) is 0.500. The van der Waals surface area contributed by atoms with Gasteiger partial charge in [-0.05, 0) is 54.4 Å². The Bertz CT molecular complexity index is 534. The molecule has 1 heterocycles. The van der Waals surface area contributed by atoms with Crippen molar-refractivity contribution in [2.75, 3.05) is 6.54 Å². The van der Waals surface area contributed by atoms with Gasteiger partial charge in [0.25, 0.3) is 0 Å². The highest BCUT2D eigenvalue weighted by molar-refractivity contribution is 7.05. The van der Waals surface area contributed by atoms with E-state index in [1.807, 2.05) is 6.20 Å². The van der Waals surface area contributed by atoms with Gasteiger partial charge in [-0.25, -0.2) is 0 Å². The molecule has 1 saturated carbocycles. The normalized spacial score (nSPS) is 16.9. The number of hydrogen-bond acceptors (Lipinski definition) is 4. The molecule has 0 bridgehead atoms. The molecule has 1 aromatic carbocycles. The topological polar surface area (TPSA) is 37.8 Å². The lowest BCUT2D eigenvalue weighted by Gasteiger charge is -2.27. The van der Waals surface area contributed by atoms with E-state index in [4.69, 9.17) is 0 Å². The second kappa shape index (κ2) is 6.46. The second-order valence-electron chi connectivity index (χ2n) is 5.50.